The smallest absolute Gasteiger partial charge is 0.245 e. The number of rotatable bonds is 1. The van der Waals surface area contributed by atoms with Gasteiger partial charge in [0.25, 0.3) is 0 Å². The topological polar surface area (TPSA) is 48.9 Å². The highest BCUT2D eigenvalue weighted by Crippen LogP contribution is 2.79. The molecule has 0 amide bonds. The predicted octanol–water partition coefficient (Wildman–Crippen LogP) is 4.88. The van der Waals surface area contributed by atoms with Gasteiger partial charge in [-0.05, 0) is 104 Å². The molecular weight excluding hydrogens is 454 g/mol. The van der Waals surface area contributed by atoms with Crippen molar-refractivity contribution in [3.63, 3.8) is 0 Å². The summed E-state index contributed by atoms with van der Waals surface area (Å²) < 4.78 is 5.24. The number of nitrogens with zero attached hydrogens (tertiary/aromatic N) is 3. The van der Waals surface area contributed by atoms with Crippen LogP contribution in [-0.4, -0.2) is 18.1 Å². The van der Waals surface area contributed by atoms with Crippen LogP contribution in [0.3, 0.4) is 0 Å². The Morgan fingerprint density at radius 3 is 1.89 bits per heavy atom. The van der Waals surface area contributed by atoms with Crippen molar-refractivity contribution in [1.29, 1.82) is 0 Å². The van der Waals surface area contributed by atoms with Gasteiger partial charge in [0.2, 0.25) is 0 Å². The molecule has 6 bridgehead atoms. The molecule has 2 aromatic carbocycles. The van der Waals surface area contributed by atoms with Crippen LogP contribution in [0.5, 0.6) is 0 Å². The molecule has 0 saturated heterocycles. The largest absolute Gasteiger partial charge is 0.362 e. The van der Waals surface area contributed by atoms with Crippen LogP contribution in [0.15, 0.2) is 64.2 Å². The Hall–Kier alpha value is -2.47. The van der Waals surface area contributed by atoms with Gasteiger partial charge in [0.15, 0.2) is 0 Å². The van der Waals surface area contributed by atoms with Gasteiger partial charge in [-0.1, -0.05) is 42.5 Å². The van der Waals surface area contributed by atoms with E-state index < -0.39 is 0 Å². The van der Waals surface area contributed by atoms with Crippen LogP contribution in [0.2, 0.25) is 0 Å². The molecule has 6 heteroatoms. The van der Waals surface area contributed by atoms with Gasteiger partial charge >= 0.3 is 11.4 Å². The van der Waals surface area contributed by atoms with Gasteiger partial charge in [0.05, 0.1) is 16.0 Å². The molecule has 5 fully saturated rings. The van der Waals surface area contributed by atoms with E-state index in [-0.39, 0.29) is 21.7 Å². The lowest BCUT2D eigenvalue weighted by Gasteiger charge is -2.64. The van der Waals surface area contributed by atoms with Crippen LogP contribution >= 0.6 is 11.9 Å². The number of hydrogen-bond acceptors (Lipinski definition) is 3. The Morgan fingerprint density at radius 2 is 1.29 bits per heavy atom. The van der Waals surface area contributed by atoms with E-state index >= 15 is 0 Å². The second-order valence-electron chi connectivity index (χ2n) is 12.1. The Balaban J connectivity index is 1.37. The van der Waals surface area contributed by atoms with Crippen molar-refractivity contribution in [3.8, 4) is 5.69 Å². The lowest BCUT2D eigenvalue weighted by molar-refractivity contribution is -0.0704. The molecule has 0 radical (unpaired) electrons. The molecule has 178 valence electrons. The fourth-order valence-electron chi connectivity index (χ4n) is 10.5. The number of fused-ring (bicyclic) bond motifs is 4. The third-order valence-corrected chi connectivity index (χ3v) is 12.8. The molecule has 3 aromatic rings. The summed E-state index contributed by atoms with van der Waals surface area (Å²) in [6, 6.07) is 18.5. The number of para-hydroxylation sites is 1. The summed E-state index contributed by atoms with van der Waals surface area (Å²) in [5, 5.41) is 0. The standard InChI is InChI=1S/C29H29N3O2S/c33-26-30(21-6-2-1-3-7-21)27(34)32-31(26)28(24-10-11-25(28)23-9-5-4-8-22(23)24)29(35-32)19-13-17-12-18(15-19)16-20(29)14-17/h1-9,17-20,24-25H,10-16H2/t17?,18?,19?,20?,24-,25+,28?,29?. The molecule has 10 rings (SSSR count). The first kappa shape index (κ1) is 19.7. The van der Waals surface area contributed by atoms with Crippen LogP contribution in [0, 0.1) is 23.7 Å². The van der Waals surface area contributed by atoms with E-state index in [9.17, 15) is 9.59 Å². The van der Waals surface area contributed by atoms with Crippen molar-refractivity contribution in [1.82, 2.24) is 13.3 Å². The van der Waals surface area contributed by atoms with Crippen molar-refractivity contribution < 1.29 is 0 Å². The quantitative estimate of drug-likeness (QED) is 0.496. The highest BCUT2D eigenvalue weighted by atomic mass is 32.2. The fraction of sp³-hybridized carbons (Fsp3) is 0.517. The van der Waals surface area contributed by atoms with E-state index in [1.807, 2.05) is 39.1 Å². The second kappa shape index (κ2) is 6.26. The minimum Gasteiger partial charge on any atom is -0.245 e. The Labute approximate surface area is 208 Å². The fourth-order valence-corrected chi connectivity index (χ4v) is 12.4. The van der Waals surface area contributed by atoms with Gasteiger partial charge < -0.3 is 0 Å². The summed E-state index contributed by atoms with van der Waals surface area (Å²) in [7, 11) is 0. The summed E-state index contributed by atoms with van der Waals surface area (Å²) in [6.07, 6.45) is 8.77. The van der Waals surface area contributed by atoms with E-state index in [2.05, 4.69) is 24.3 Å². The monoisotopic (exact) mass is 483 g/mol. The van der Waals surface area contributed by atoms with Crippen LogP contribution in [0.1, 0.15) is 67.9 Å². The molecule has 0 N–H and O–H groups in total. The van der Waals surface area contributed by atoms with Crippen molar-refractivity contribution in [2.75, 3.05) is 0 Å². The first-order valence-electron chi connectivity index (χ1n) is 13.5. The van der Waals surface area contributed by atoms with E-state index in [1.165, 1.54) is 47.8 Å². The van der Waals surface area contributed by atoms with Crippen LogP contribution in [-0.2, 0) is 5.54 Å². The lowest BCUT2D eigenvalue weighted by atomic mass is 9.46. The molecule has 5 saturated carbocycles. The summed E-state index contributed by atoms with van der Waals surface area (Å²) in [5.41, 5.74) is 2.92. The predicted molar refractivity (Wildman–Crippen MR) is 136 cm³/mol. The zero-order valence-electron chi connectivity index (χ0n) is 19.7. The van der Waals surface area contributed by atoms with Crippen LogP contribution < -0.4 is 11.4 Å². The van der Waals surface area contributed by atoms with Crippen molar-refractivity contribution in [2.45, 2.75) is 67.1 Å². The molecule has 1 aromatic heterocycles. The Bertz CT molecular complexity index is 1460. The van der Waals surface area contributed by atoms with E-state index in [0.29, 0.717) is 29.4 Å². The van der Waals surface area contributed by atoms with Crippen molar-refractivity contribution >= 4 is 11.9 Å². The number of hydrogen-bond donors (Lipinski definition) is 0. The SMILES string of the molecule is O=c1n(-c2ccccc2)c(=O)n2n1SC1(C3CC4CC(C3)CC1C4)C21[C@@H]2CC[C@H]1c1ccccc12. The molecular formula is C29H29N3O2S. The van der Waals surface area contributed by atoms with Gasteiger partial charge in [-0.25, -0.2) is 18.8 Å². The zero-order chi connectivity index (χ0) is 23.1. The number of benzene rings is 2. The molecule has 2 spiro atoms. The molecule has 2 heterocycles. The Kier molecular flexibility index (Phi) is 3.52. The zero-order valence-corrected chi connectivity index (χ0v) is 20.5. The van der Waals surface area contributed by atoms with Gasteiger partial charge in [-0.3, -0.25) is 0 Å². The highest BCUT2D eigenvalue weighted by molar-refractivity contribution is 7.99. The summed E-state index contributed by atoms with van der Waals surface area (Å²) in [6.45, 7) is 0. The minimum absolute atomic E-state index is 0.0562. The average molecular weight is 484 g/mol. The highest BCUT2D eigenvalue weighted by Gasteiger charge is 2.79. The van der Waals surface area contributed by atoms with E-state index in [1.54, 1.807) is 11.9 Å². The molecule has 1 aliphatic heterocycles. The summed E-state index contributed by atoms with van der Waals surface area (Å²) >= 11 is 1.79. The van der Waals surface area contributed by atoms with Crippen molar-refractivity contribution in [3.05, 3.63) is 86.7 Å². The maximum atomic E-state index is 14.4. The molecule has 3 atom stereocenters. The molecule has 6 aliphatic carbocycles. The van der Waals surface area contributed by atoms with Gasteiger partial charge in [-0.15, -0.1) is 0 Å². The number of aromatic nitrogens is 3. The normalized spacial score (nSPS) is 41.3. The van der Waals surface area contributed by atoms with E-state index in [4.69, 9.17) is 0 Å². The summed E-state index contributed by atoms with van der Waals surface area (Å²) in [4.78, 5) is 28.5. The molecule has 35 heavy (non-hydrogen) atoms. The first-order chi connectivity index (χ1) is 17.1. The summed E-state index contributed by atoms with van der Waals surface area (Å²) in [5.74, 6) is 3.51. The van der Waals surface area contributed by atoms with Crippen LogP contribution in [0.4, 0.5) is 0 Å². The lowest BCUT2D eigenvalue weighted by Crippen LogP contribution is -2.67. The second-order valence-corrected chi connectivity index (χ2v) is 13.4. The van der Waals surface area contributed by atoms with Crippen molar-refractivity contribution in [2.24, 2.45) is 23.7 Å². The van der Waals surface area contributed by atoms with Gasteiger partial charge in [-0.2, -0.15) is 4.09 Å². The minimum atomic E-state index is -0.333. The Morgan fingerprint density at radius 1 is 0.714 bits per heavy atom. The maximum Gasteiger partial charge on any atom is 0.362 e. The van der Waals surface area contributed by atoms with E-state index in [0.717, 1.165) is 24.7 Å². The molecule has 7 aliphatic rings. The first-order valence-corrected chi connectivity index (χ1v) is 14.2. The van der Waals surface area contributed by atoms with Gasteiger partial charge in [0.1, 0.15) is 0 Å². The van der Waals surface area contributed by atoms with Gasteiger partial charge in [0, 0.05) is 11.8 Å². The molecule has 5 nitrogen and oxygen atoms in total. The average Bonchev–Trinajstić information content (AvgIpc) is 3.56. The van der Waals surface area contributed by atoms with Crippen LogP contribution in [0.25, 0.3) is 5.69 Å². The maximum absolute atomic E-state index is 14.4. The third kappa shape index (κ3) is 1.99. The third-order valence-electron chi connectivity index (χ3n) is 11.0. The molecule has 1 unspecified atom stereocenters.